The van der Waals surface area contributed by atoms with Crippen molar-refractivity contribution in [3.05, 3.63) is 65.2 Å². The second-order valence-electron chi connectivity index (χ2n) is 5.91. The predicted octanol–water partition coefficient (Wildman–Crippen LogP) is 3.39. The van der Waals surface area contributed by atoms with E-state index in [1.807, 2.05) is 36.1 Å². The monoisotopic (exact) mass is 359 g/mol. The third-order valence-corrected chi connectivity index (χ3v) is 4.01. The fraction of sp³-hybridized carbons (Fsp3) is 0.238. The summed E-state index contributed by atoms with van der Waals surface area (Å²) in [6.45, 7) is 3.12. The standard InChI is InChI=1S/C21H21N5O/c1-17-15-20(26(13-5-11-22)14-6-12-23)10-9-19(17)16-24-25-21(27)18-7-3-2-4-8-18/h2-4,7-10,15-16H,5-6,13-14H2,1H3,(H,25,27)/b24-16-. The van der Waals surface area contributed by atoms with Gasteiger partial charge >= 0.3 is 0 Å². The minimum Gasteiger partial charge on any atom is -0.369 e. The summed E-state index contributed by atoms with van der Waals surface area (Å²) < 4.78 is 0. The fourth-order valence-corrected chi connectivity index (χ4v) is 2.56. The molecule has 0 atom stereocenters. The number of hydrogen-bond acceptors (Lipinski definition) is 5. The van der Waals surface area contributed by atoms with Crippen LogP contribution < -0.4 is 10.3 Å². The summed E-state index contributed by atoms with van der Waals surface area (Å²) >= 11 is 0. The average Bonchev–Trinajstić information content (AvgIpc) is 2.70. The molecule has 6 heteroatoms. The van der Waals surface area contributed by atoms with Gasteiger partial charge in [0, 0.05) is 24.3 Å². The molecule has 136 valence electrons. The van der Waals surface area contributed by atoms with E-state index in [2.05, 4.69) is 22.7 Å². The van der Waals surface area contributed by atoms with E-state index in [4.69, 9.17) is 10.5 Å². The summed E-state index contributed by atoms with van der Waals surface area (Å²) in [4.78, 5) is 14.0. The van der Waals surface area contributed by atoms with Crippen molar-refractivity contribution >= 4 is 17.8 Å². The van der Waals surface area contributed by atoms with E-state index in [1.165, 1.54) is 0 Å². The second-order valence-corrected chi connectivity index (χ2v) is 5.91. The Labute approximate surface area is 159 Å². The zero-order valence-corrected chi connectivity index (χ0v) is 15.2. The van der Waals surface area contributed by atoms with Gasteiger partial charge in [0.25, 0.3) is 5.91 Å². The molecule has 0 saturated carbocycles. The van der Waals surface area contributed by atoms with Crippen LogP contribution in [0.25, 0.3) is 0 Å². The molecular weight excluding hydrogens is 338 g/mol. The molecule has 1 N–H and O–H groups in total. The molecule has 0 unspecified atom stereocenters. The van der Waals surface area contributed by atoms with Crippen LogP contribution in [0.4, 0.5) is 5.69 Å². The first kappa shape index (κ1) is 19.7. The Morgan fingerprint density at radius 3 is 2.37 bits per heavy atom. The summed E-state index contributed by atoms with van der Waals surface area (Å²) in [6, 6.07) is 19.0. The highest BCUT2D eigenvalue weighted by molar-refractivity contribution is 5.95. The molecule has 0 aliphatic carbocycles. The second kappa shape index (κ2) is 10.4. The number of benzene rings is 2. The van der Waals surface area contributed by atoms with Crippen molar-refractivity contribution in [3.8, 4) is 12.1 Å². The van der Waals surface area contributed by atoms with Crippen molar-refractivity contribution in [3.63, 3.8) is 0 Å². The Hall–Kier alpha value is -3.64. The molecule has 2 rings (SSSR count). The lowest BCUT2D eigenvalue weighted by Crippen LogP contribution is -2.25. The Morgan fingerprint density at radius 1 is 1.11 bits per heavy atom. The lowest BCUT2D eigenvalue weighted by Gasteiger charge is -2.23. The van der Waals surface area contributed by atoms with Crippen LogP contribution in [0.2, 0.25) is 0 Å². The lowest BCUT2D eigenvalue weighted by atomic mass is 10.1. The Morgan fingerprint density at radius 2 is 1.78 bits per heavy atom. The van der Waals surface area contributed by atoms with E-state index < -0.39 is 0 Å². The lowest BCUT2D eigenvalue weighted by molar-refractivity contribution is 0.0955. The van der Waals surface area contributed by atoms with Crippen molar-refractivity contribution < 1.29 is 4.79 Å². The molecule has 6 nitrogen and oxygen atoms in total. The minimum atomic E-state index is -0.264. The van der Waals surface area contributed by atoms with Crippen LogP contribution in [0.3, 0.4) is 0 Å². The number of nitrogens with one attached hydrogen (secondary N) is 1. The molecule has 0 heterocycles. The van der Waals surface area contributed by atoms with E-state index in [0.717, 1.165) is 16.8 Å². The molecule has 0 fully saturated rings. The van der Waals surface area contributed by atoms with E-state index in [0.29, 0.717) is 31.5 Å². The molecule has 0 aliphatic rings. The van der Waals surface area contributed by atoms with Gasteiger partial charge in [0.15, 0.2) is 0 Å². The minimum absolute atomic E-state index is 0.264. The van der Waals surface area contributed by atoms with Crippen LogP contribution in [0.5, 0.6) is 0 Å². The number of nitrogens with zero attached hydrogens (tertiary/aromatic N) is 4. The first-order valence-corrected chi connectivity index (χ1v) is 8.63. The molecule has 27 heavy (non-hydrogen) atoms. The normalized spacial score (nSPS) is 10.2. The summed E-state index contributed by atoms with van der Waals surface area (Å²) in [5.41, 5.74) is 5.90. The maximum absolute atomic E-state index is 12.0. The zero-order valence-electron chi connectivity index (χ0n) is 15.2. The SMILES string of the molecule is Cc1cc(N(CCC#N)CCC#N)ccc1/C=N\NC(=O)c1ccccc1. The first-order chi connectivity index (χ1) is 13.2. The molecule has 0 bridgehead atoms. The Bertz CT molecular complexity index is 860. The number of aryl methyl sites for hydroxylation is 1. The van der Waals surface area contributed by atoms with Gasteiger partial charge in [-0.1, -0.05) is 24.3 Å². The Balaban J connectivity index is 2.05. The van der Waals surface area contributed by atoms with Gasteiger partial charge in [-0.05, 0) is 42.3 Å². The van der Waals surface area contributed by atoms with Crippen molar-refractivity contribution in [1.82, 2.24) is 5.43 Å². The number of hydrazone groups is 1. The average molecular weight is 359 g/mol. The van der Waals surface area contributed by atoms with Gasteiger partial charge in [0.2, 0.25) is 0 Å². The van der Waals surface area contributed by atoms with E-state index >= 15 is 0 Å². The highest BCUT2D eigenvalue weighted by Gasteiger charge is 2.08. The van der Waals surface area contributed by atoms with Gasteiger partial charge in [-0.25, -0.2) is 5.43 Å². The third-order valence-electron chi connectivity index (χ3n) is 4.01. The predicted molar refractivity (Wildman–Crippen MR) is 105 cm³/mol. The molecular formula is C21H21N5O. The number of amides is 1. The number of carbonyl (C=O) groups is 1. The molecule has 1 amide bonds. The van der Waals surface area contributed by atoms with Crippen LogP contribution in [0.15, 0.2) is 53.6 Å². The number of anilines is 1. The number of carbonyl (C=O) groups excluding carboxylic acids is 1. The number of nitriles is 2. The maximum atomic E-state index is 12.0. The van der Waals surface area contributed by atoms with Gasteiger partial charge in [0.05, 0.1) is 31.2 Å². The molecule has 0 aliphatic heterocycles. The van der Waals surface area contributed by atoms with Gasteiger partial charge in [-0.2, -0.15) is 15.6 Å². The number of rotatable bonds is 8. The summed E-state index contributed by atoms with van der Waals surface area (Å²) in [7, 11) is 0. The van der Waals surface area contributed by atoms with E-state index in [1.54, 1.807) is 30.5 Å². The molecule has 0 saturated heterocycles. The summed E-state index contributed by atoms with van der Waals surface area (Å²) in [5, 5.41) is 21.7. The fourth-order valence-electron chi connectivity index (χ4n) is 2.56. The topological polar surface area (TPSA) is 92.3 Å². The summed E-state index contributed by atoms with van der Waals surface area (Å²) in [6.07, 6.45) is 2.41. The van der Waals surface area contributed by atoms with Crippen LogP contribution in [-0.2, 0) is 0 Å². The molecule has 0 spiro atoms. The third kappa shape index (κ3) is 5.98. The van der Waals surface area contributed by atoms with Crippen LogP contribution in [-0.4, -0.2) is 25.2 Å². The van der Waals surface area contributed by atoms with Gasteiger partial charge in [-0.3, -0.25) is 4.79 Å². The summed E-state index contributed by atoms with van der Waals surface area (Å²) in [5.74, 6) is -0.264. The first-order valence-electron chi connectivity index (χ1n) is 8.63. The van der Waals surface area contributed by atoms with Crippen LogP contribution >= 0.6 is 0 Å². The van der Waals surface area contributed by atoms with Crippen molar-refractivity contribution in [2.24, 2.45) is 5.10 Å². The van der Waals surface area contributed by atoms with Crippen molar-refractivity contribution in [2.45, 2.75) is 19.8 Å². The smallest absolute Gasteiger partial charge is 0.271 e. The van der Waals surface area contributed by atoms with Crippen LogP contribution in [0.1, 0.15) is 34.3 Å². The van der Waals surface area contributed by atoms with Crippen LogP contribution in [0, 0.1) is 29.6 Å². The van der Waals surface area contributed by atoms with Crippen molar-refractivity contribution in [2.75, 3.05) is 18.0 Å². The highest BCUT2D eigenvalue weighted by Crippen LogP contribution is 2.19. The van der Waals surface area contributed by atoms with Gasteiger partial charge < -0.3 is 4.90 Å². The largest absolute Gasteiger partial charge is 0.369 e. The molecule has 0 aromatic heterocycles. The van der Waals surface area contributed by atoms with Crippen molar-refractivity contribution in [1.29, 1.82) is 10.5 Å². The van der Waals surface area contributed by atoms with Gasteiger partial charge in [-0.15, -0.1) is 0 Å². The highest BCUT2D eigenvalue weighted by atomic mass is 16.2. The van der Waals surface area contributed by atoms with E-state index in [9.17, 15) is 4.79 Å². The maximum Gasteiger partial charge on any atom is 0.271 e. The van der Waals surface area contributed by atoms with E-state index in [-0.39, 0.29) is 5.91 Å². The molecule has 2 aromatic carbocycles. The molecule has 0 radical (unpaired) electrons. The quantitative estimate of drug-likeness (QED) is 0.577. The Kier molecular flexibility index (Phi) is 7.56. The number of hydrogen-bond donors (Lipinski definition) is 1. The zero-order chi connectivity index (χ0) is 19.5. The molecule has 2 aromatic rings. The van der Waals surface area contributed by atoms with Gasteiger partial charge in [0.1, 0.15) is 0 Å².